The van der Waals surface area contributed by atoms with Crippen LogP contribution in [0.25, 0.3) is 0 Å². The second kappa shape index (κ2) is 8.06. The highest BCUT2D eigenvalue weighted by Crippen LogP contribution is 2.10. The smallest absolute Gasteiger partial charge is 0.0791 e. The van der Waals surface area contributed by atoms with Gasteiger partial charge in [-0.25, -0.2) is 0 Å². The van der Waals surface area contributed by atoms with E-state index in [0.29, 0.717) is 6.54 Å². The Morgan fingerprint density at radius 3 is 2.55 bits per heavy atom. The first kappa shape index (κ1) is 17.4. The van der Waals surface area contributed by atoms with Crippen LogP contribution >= 0.6 is 0 Å². The lowest BCUT2D eigenvalue weighted by Gasteiger charge is -2.34. The first-order valence-corrected chi connectivity index (χ1v) is 8.29. The number of aryl methyl sites for hydroxylation is 1. The van der Waals surface area contributed by atoms with Crippen molar-refractivity contribution in [3.05, 3.63) is 18.0 Å². The van der Waals surface area contributed by atoms with E-state index in [4.69, 9.17) is 0 Å². The van der Waals surface area contributed by atoms with Crippen LogP contribution in [-0.4, -0.2) is 83.1 Å². The quantitative estimate of drug-likeness (QED) is 0.761. The first-order chi connectivity index (χ1) is 10.5. The third-order valence-electron chi connectivity index (χ3n) is 4.61. The van der Waals surface area contributed by atoms with Crippen molar-refractivity contribution >= 4 is 0 Å². The number of piperazine rings is 1. The lowest BCUT2D eigenvalue weighted by molar-refractivity contribution is 0.0777. The average Bonchev–Trinajstić information content (AvgIpc) is 2.93. The zero-order chi connectivity index (χ0) is 16.1. The number of aliphatic hydroxyl groups excluding tert-OH is 1. The summed E-state index contributed by atoms with van der Waals surface area (Å²) in [6, 6.07) is 0.533. The topological polar surface area (TPSA) is 56.6 Å². The van der Waals surface area contributed by atoms with Gasteiger partial charge < -0.3 is 15.3 Å². The number of hydrogen-bond acceptors (Lipinski definition) is 5. The van der Waals surface area contributed by atoms with E-state index in [-0.39, 0.29) is 18.2 Å². The summed E-state index contributed by atoms with van der Waals surface area (Å²) < 4.78 is 1.99. The SMILES string of the molecule is Cc1cnn(C(C)C(C)NCC(O)CN2CCN(C)CC2)c1. The summed E-state index contributed by atoms with van der Waals surface area (Å²) in [6.45, 7) is 12.0. The standard InChI is InChI=1S/C16H31N5O/c1-13-9-18-21(11-13)15(3)14(2)17-10-16(22)12-20-7-5-19(4)6-8-20/h9,11,14-17,22H,5-8,10,12H2,1-4H3. The predicted molar refractivity (Wildman–Crippen MR) is 89.1 cm³/mol. The van der Waals surface area contributed by atoms with Crippen LogP contribution in [0.1, 0.15) is 25.5 Å². The molecule has 1 aliphatic heterocycles. The Balaban J connectivity index is 1.70. The van der Waals surface area contributed by atoms with E-state index in [1.165, 1.54) is 5.56 Å². The molecule has 1 fully saturated rings. The van der Waals surface area contributed by atoms with Gasteiger partial charge in [0.1, 0.15) is 0 Å². The molecule has 2 N–H and O–H groups in total. The Morgan fingerprint density at radius 1 is 1.27 bits per heavy atom. The number of nitrogens with one attached hydrogen (secondary N) is 1. The van der Waals surface area contributed by atoms with Crippen LogP contribution in [0.5, 0.6) is 0 Å². The van der Waals surface area contributed by atoms with E-state index in [1.54, 1.807) is 0 Å². The molecule has 0 saturated carbocycles. The van der Waals surface area contributed by atoms with E-state index < -0.39 is 0 Å². The molecule has 1 saturated heterocycles. The fourth-order valence-electron chi connectivity index (χ4n) is 2.77. The molecule has 2 rings (SSSR count). The molecule has 3 atom stereocenters. The van der Waals surface area contributed by atoms with Gasteiger partial charge in [-0.1, -0.05) is 0 Å². The van der Waals surface area contributed by atoms with Crippen molar-refractivity contribution in [2.75, 3.05) is 46.3 Å². The number of aromatic nitrogens is 2. The number of hydrogen-bond donors (Lipinski definition) is 2. The minimum atomic E-state index is -0.322. The van der Waals surface area contributed by atoms with Crippen LogP contribution in [0.4, 0.5) is 0 Å². The molecular formula is C16H31N5O. The van der Waals surface area contributed by atoms with Gasteiger partial charge in [0.2, 0.25) is 0 Å². The minimum absolute atomic E-state index is 0.265. The Hall–Kier alpha value is -0.950. The molecule has 1 aliphatic rings. The molecule has 0 radical (unpaired) electrons. The fraction of sp³-hybridized carbons (Fsp3) is 0.812. The molecule has 1 aromatic rings. The van der Waals surface area contributed by atoms with Crippen LogP contribution in [0.3, 0.4) is 0 Å². The summed E-state index contributed by atoms with van der Waals surface area (Å²) >= 11 is 0. The summed E-state index contributed by atoms with van der Waals surface area (Å²) in [6.07, 6.45) is 3.62. The van der Waals surface area contributed by atoms with Crippen molar-refractivity contribution in [1.29, 1.82) is 0 Å². The number of rotatable bonds is 7. The molecule has 3 unspecified atom stereocenters. The van der Waals surface area contributed by atoms with Crippen LogP contribution in [0.2, 0.25) is 0 Å². The van der Waals surface area contributed by atoms with Crippen molar-refractivity contribution in [3.8, 4) is 0 Å². The van der Waals surface area contributed by atoms with Crippen LogP contribution in [-0.2, 0) is 0 Å². The van der Waals surface area contributed by atoms with Gasteiger partial charge in [0.15, 0.2) is 0 Å². The maximum atomic E-state index is 10.2. The molecule has 0 bridgehead atoms. The zero-order valence-corrected chi connectivity index (χ0v) is 14.4. The van der Waals surface area contributed by atoms with Gasteiger partial charge in [-0.05, 0) is 33.4 Å². The molecule has 0 spiro atoms. The third-order valence-corrected chi connectivity index (χ3v) is 4.61. The molecule has 6 heteroatoms. The number of likely N-dealkylation sites (N-methyl/N-ethyl adjacent to an activating group) is 1. The van der Waals surface area contributed by atoms with Gasteiger partial charge >= 0.3 is 0 Å². The molecule has 0 amide bonds. The molecule has 6 nitrogen and oxygen atoms in total. The van der Waals surface area contributed by atoms with Gasteiger partial charge in [0, 0.05) is 51.5 Å². The molecule has 0 aliphatic carbocycles. The predicted octanol–water partition coefficient (Wildman–Crippen LogP) is 0.339. The maximum absolute atomic E-state index is 10.2. The fourth-order valence-corrected chi connectivity index (χ4v) is 2.77. The molecular weight excluding hydrogens is 278 g/mol. The van der Waals surface area contributed by atoms with Crippen molar-refractivity contribution < 1.29 is 5.11 Å². The summed E-state index contributed by atoms with van der Waals surface area (Å²) in [5, 5.41) is 18.0. The van der Waals surface area contributed by atoms with E-state index in [2.05, 4.69) is 47.3 Å². The van der Waals surface area contributed by atoms with Crippen molar-refractivity contribution in [2.45, 2.75) is 39.0 Å². The van der Waals surface area contributed by atoms with Gasteiger partial charge in [0.25, 0.3) is 0 Å². The lowest BCUT2D eigenvalue weighted by Crippen LogP contribution is -2.49. The first-order valence-electron chi connectivity index (χ1n) is 8.29. The minimum Gasteiger partial charge on any atom is -0.390 e. The van der Waals surface area contributed by atoms with Gasteiger partial charge in [-0.2, -0.15) is 5.10 Å². The van der Waals surface area contributed by atoms with E-state index in [0.717, 1.165) is 32.7 Å². The average molecular weight is 309 g/mol. The number of β-amino-alcohol motifs (C(OH)–C–C–N with tert-alkyl or cyclic N) is 1. The van der Waals surface area contributed by atoms with Crippen LogP contribution in [0, 0.1) is 6.92 Å². The summed E-state index contributed by atoms with van der Waals surface area (Å²) in [7, 11) is 2.15. The Morgan fingerprint density at radius 2 is 1.95 bits per heavy atom. The second-order valence-electron chi connectivity index (χ2n) is 6.69. The number of nitrogens with zero attached hydrogens (tertiary/aromatic N) is 4. The van der Waals surface area contributed by atoms with Crippen LogP contribution in [0.15, 0.2) is 12.4 Å². The summed E-state index contributed by atoms with van der Waals surface area (Å²) in [4.78, 5) is 4.67. The lowest BCUT2D eigenvalue weighted by atomic mass is 10.1. The summed E-state index contributed by atoms with van der Waals surface area (Å²) in [5.41, 5.74) is 1.18. The van der Waals surface area contributed by atoms with Crippen molar-refractivity contribution in [3.63, 3.8) is 0 Å². The molecule has 1 aromatic heterocycles. The molecule has 126 valence electrons. The van der Waals surface area contributed by atoms with Gasteiger partial charge in [0.05, 0.1) is 18.3 Å². The largest absolute Gasteiger partial charge is 0.390 e. The number of aliphatic hydroxyl groups is 1. The van der Waals surface area contributed by atoms with Crippen molar-refractivity contribution in [2.24, 2.45) is 0 Å². The Bertz CT molecular complexity index is 441. The van der Waals surface area contributed by atoms with Gasteiger partial charge in [-0.15, -0.1) is 0 Å². The second-order valence-corrected chi connectivity index (χ2v) is 6.69. The van der Waals surface area contributed by atoms with Gasteiger partial charge in [-0.3, -0.25) is 9.58 Å². The van der Waals surface area contributed by atoms with E-state index >= 15 is 0 Å². The monoisotopic (exact) mass is 309 g/mol. The normalized spacial score (nSPS) is 21.7. The molecule has 2 heterocycles. The molecule has 22 heavy (non-hydrogen) atoms. The molecule has 0 aromatic carbocycles. The van der Waals surface area contributed by atoms with E-state index in [1.807, 2.05) is 17.8 Å². The Labute approximate surface area is 134 Å². The van der Waals surface area contributed by atoms with E-state index in [9.17, 15) is 5.11 Å². The zero-order valence-electron chi connectivity index (χ0n) is 14.4. The van der Waals surface area contributed by atoms with Crippen LogP contribution < -0.4 is 5.32 Å². The highest BCUT2D eigenvalue weighted by molar-refractivity contribution is 5.00. The third kappa shape index (κ3) is 5.05. The van der Waals surface area contributed by atoms with Crippen molar-refractivity contribution in [1.82, 2.24) is 24.9 Å². The summed E-state index contributed by atoms with van der Waals surface area (Å²) in [5.74, 6) is 0. The maximum Gasteiger partial charge on any atom is 0.0791 e. The highest BCUT2D eigenvalue weighted by atomic mass is 16.3. The highest BCUT2D eigenvalue weighted by Gasteiger charge is 2.19. The Kier molecular flexibility index (Phi) is 6.37.